The molecule has 2 nitrogen and oxygen atoms in total. The minimum Gasteiger partial charge on any atom is -0.380 e. The molecule has 2 rings (SSSR count). The Morgan fingerprint density at radius 2 is 2.18 bits per heavy atom. The first-order valence-electron chi connectivity index (χ1n) is 6.15. The monoisotopic (exact) mass is 253 g/mol. The molecule has 0 aliphatic heterocycles. The van der Waals surface area contributed by atoms with Gasteiger partial charge in [0.1, 0.15) is 0 Å². The largest absolute Gasteiger partial charge is 0.380 e. The summed E-state index contributed by atoms with van der Waals surface area (Å²) in [4.78, 5) is 0. The summed E-state index contributed by atoms with van der Waals surface area (Å²) in [6.45, 7) is 2.04. The third kappa shape index (κ3) is 3.21. The molecule has 3 heteroatoms. The highest BCUT2D eigenvalue weighted by Crippen LogP contribution is 2.36. The van der Waals surface area contributed by atoms with Gasteiger partial charge in [-0.25, -0.2) is 0 Å². The van der Waals surface area contributed by atoms with Crippen molar-refractivity contribution in [2.75, 3.05) is 7.11 Å². The van der Waals surface area contributed by atoms with E-state index in [9.17, 15) is 0 Å². The van der Waals surface area contributed by atoms with E-state index in [0.717, 1.165) is 17.0 Å². The molecule has 1 saturated carbocycles. The number of hydrogen-bond acceptors (Lipinski definition) is 2. The molecular weight excluding hydrogens is 234 g/mol. The third-order valence-corrected chi connectivity index (χ3v) is 3.80. The number of aryl methyl sites for hydroxylation is 1. The lowest BCUT2D eigenvalue weighted by molar-refractivity contribution is 0.0627. The van der Waals surface area contributed by atoms with Crippen LogP contribution in [0, 0.1) is 12.8 Å². The lowest BCUT2D eigenvalue weighted by atomic mass is 9.98. The van der Waals surface area contributed by atoms with E-state index in [0.29, 0.717) is 5.92 Å². The molecule has 0 radical (unpaired) electrons. The Morgan fingerprint density at radius 1 is 1.47 bits per heavy atom. The van der Waals surface area contributed by atoms with E-state index in [1.54, 1.807) is 7.11 Å². The molecule has 2 unspecified atom stereocenters. The van der Waals surface area contributed by atoms with Gasteiger partial charge in [-0.15, -0.1) is 0 Å². The van der Waals surface area contributed by atoms with Crippen molar-refractivity contribution >= 4 is 11.6 Å². The maximum atomic E-state index is 6.22. The Morgan fingerprint density at radius 3 is 2.71 bits per heavy atom. The lowest BCUT2D eigenvalue weighted by Crippen LogP contribution is -2.39. The maximum Gasteiger partial charge on any atom is 0.0753 e. The zero-order valence-electron chi connectivity index (χ0n) is 10.4. The number of hydrogen-bond donors (Lipinski definition) is 1. The van der Waals surface area contributed by atoms with Crippen molar-refractivity contribution in [2.45, 2.75) is 38.3 Å². The predicted octanol–water partition coefficient (Wildman–Crippen LogP) is 2.94. The van der Waals surface area contributed by atoms with Crippen LogP contribution in [0.25, 0.3) is 0 Å². The summed E-state index contributed by atoms with van der Waals surface area (Å²) < 4.78 is 5.50. The molecule has 0 spiro atoms. The van der Waals surface area contributed by atoms with E-state index in [2.05, 4.69) is 12.1 Å². The Labute approximate surface area is 108 Å². The summed E-state index contributed by atoms with van der Waals surface area (Å²) in [6, 6.07) is 6.17. The normalized spacial score (nSPS) is 19.1. The zero-order chi connectivity index (χ0) is 12.4. The van der Waals surface area contributed by atoms with Crippen molar-refractivity contribution in [3.63, 3.8) is 0 Å². The van der Waals surface area contributed by atoms with Crippen molar-refractivity contribution in [2.24, 2.45) is 11.7 Å². The molecule has 94 valence electrons. The van der Waals surface area contributed by atoms with Gasteiger partial charge in [0, 0.05) is 18.2 Å². The molecular formula is C14H20ClNO. The van der Waals surface area contributed by atoms with Gasteiger partial charge in [0.2, 0.25) is 0 Å². The smallest absolute Gasteiger partial charge is 0.0753 e. The Hall–Kier alpha value is -0.570. The van der Waals surface area contributed by atoms with E-state index in [1.807, 2.05) is 13.0 Å². The van der Waals surface area contributed by atoms with Crippen LogP contribution in [0.4, 0.5) is 0 Å². The number of benzene rings is 1. The second-order valence-electron chi connectivity index (χ2n) is 5.00. The Bertz CT molecular complexity index is 390. The topological polar surface area (TPSA) is 35.2 Å². The summed E-state index contributed by atoms with van der Waals surface area (Å²) in [5.41, 5.74) is 8.52. The predicted molar refractivity (Wildman–Crippen MR) is 71.4 cm³/mol. The summed E-state index contributed by atoms with van der Waals surface area (Å²) in [5, 5.41) is 0.811. The summed E-state index contributed by atoms with van der Waals surface area (Å²) >= 11 is 6.22. The van der Waals surface area contributed by atoms with Crippen LogP contribution in [-0.2, 0) is 11.2 Å². The molecule has 2 N–H and O–H groups in total. The minimum atomic E-state index is 0.0349. The molecule has 0 saturated heterocycles. The van der Waals surface area contributed by atoms with Crippen LogP contribution in [-0.4, -0.2) is 19.3 Å². The summed E-state index contributed by atoms with van der Waals surface area (Å²) in [7, 11) is 1.75. The summed E-state index contributed by atoms with van der Waals surface area (Å²) in [6.07, 6.45) is 3.45. The van der Waals surface area contributed by atoms with E-state index in [-0.39, 0.29) is 12.1 Å². The first-order chi connectivity index (χ1) is 8.11. The summed E-state index contributed by atoms with van der Waals surface area (Å²) in [5.74, 6) is 0.652. The molecule has 0 amide bonds. The molecule has 1 aromatic rings. The molecule has 1 aliphatic rings. The van der Waals surface area contributed by atoms with Crippen molar-refractivity contribution in [1.29, 1.82) is 0 Å². The van der Waals surface area contributed by atoms with E-state index in [1.165, 1.54) is 18.4 Å². The van der Waals surface area contributed by atoms with Gasteiger partial charge in [0.25, 0.3) is 0 Å². The van der Waals surface area contributed by atoms with Crippen molar-refractivity contribution < 1.29 is 4.74 Å². The number of nitrogens with two attached hydrogens (primary N) is 1. The first kappa shape index (κ1) is 12.9. The third-order valence-electron chi connectivity index (χ3n) is 3.44. The van der Waals surface area contributed by atoms with E-state index in [4.69, 9.17) is 22.1 Å². The Kier molecular flexibility index (Phi) is 4.08. The first-order valence-corrected chi connectivity index (χ1v) is 6.53. The van der Waals surface area contributed by atoms with Crippen molar-refractivity contribution in [3.8, 4) is 0 Å². The second-order valence-corrected chi connectivity index (χ2v) is 5.41. The maximum absolute atomic E-state index is 6.22. The molecule has 0 aromatic heterocycles. The molecule has 1 aromatic carbocycles. The minimum absolute atomic E-state index is 0.0349. The molecule has 1 aliphatic carbocycles. The highest BCUT2D eigenvalue weighted by molar-refractivity contribution is 6.31. The SMILES string of the molecule is COC(C(N)Cc1ccc(C)cc1Cl)C1CC1. The molecule has 0 heterocycles. The molecule has 0 bridgehead atoms. The zero-order valence-corrected chi connectivity index (χ0v) is 11.2. The van der Waals surface area contributed by atoms with Crippen LogP contribution in [0.2, 0.25) is 5.02 Å². The van der Waals surface area contributed by atoms with Crippen LogP contribution < -0.4 is 5.73 Å². The fourth-order valence-corrected chi connectivity index (χ4v) is 2.64. The van der Waals surface area contributed by atoms with Gasteiger partial charge >= 0.3 is 0 Å². The van der Waals surface area contributed by atoms with Crippen LogP contribution in [0.1, 0.15) is 24.0 Å². The van der Waals surface area contributed by atoms with Crippen LogP contribution >= 0.6 is 11.6 Å². The number of ether oxygens (including phenoxy) is 1. The van der Waals surface area contributed by atoms with Crippen molar-refractivity contribution in [1.82, 2.24) is 0 Å². The van der Waals surface area contributed by atoms with Gasteiger partial charge < -0.3 is 10.5 Å². The highest BCUT2D eigenvalue weighted by atomic mass is 35.5. The second kappa shape index (κ2) is 5.38. The van der Waals surface area contributed by atoms with Gasteiger partial charge in [-0.1, -0.05) is 23.7 Å². The standard InChI is InChI=1S/C14H20ClNO/c1-9-3-4-11(12(15)7-9)8-13(16)14(17-2)10-5-6-10/h3-4,7,10,13-14H,5-6,8,16H2,1-2H3. The van der Waals surface area contributed by atoms with Gasteiger partial charge in [-0.3, -0.25) is 0 Å². The van der Waals surface area contributed by atoms with Gasteiger partial charge in [0.05, 0.1) is 6.10 Å². The van der Waals surface area contributed by atoms with Crippen LogP contribution in [0.5, 0.6) is 0 Å². The quantitative estimate of drug-likeness (QED) is 0.876. The molecule has 2 atom stereocenters. The Balaban J connectivity index is 2.03. The van der Waals surface area contributed by atoms with Crippen molar-refractivity contribution in [3.05, 3.63) is 34.3 Å². The van der Waals surface area contributed by atoms with Gasteiger partial charge in [-0.05, 0) is 49.3 Å². The average molecular weight is 254 g/mol. The number of methoxy groups -OCH3 is 1. The van der Waals surface area contributed by atoms with Gasteiger partial charge in [0.15, 0.2) is 0 Å². The number of rotatable bonds is 5. The molecule has 1 fully saturated rings. The highest BCUT2D eigenvalue weighted by Gasteiger charge is 2.35. The fraction of sp³-hybridized carbons (Fsp3) is 0.571. The number of halogens is 1. The van der Waals surface area contributed by atoms with E-state index < -0.39 is 0 Å². The lowest BCUT2D eigenvalue weighted by Gasteiger charge is -2.22. The van der Waals surface area contributed by atoms with E-state index >= 15 is 0 Å². The van der Waals surface area contributed by atoms with Gasteiger partial charge in [-0.2, -0.15) is 0 Å². The fourth-order valence-electron chi connectivity index (χ4n) is 2.33. The average Bonchev–Trinajstić information content (AvgIpc) is 3.08. The molecule has 17 heavy (non-hydrogen) atoms. The van der Waals surface area contributed by atoms with Crippen LogP contribution in [0.15, 0.2) is 18.2 Å². The van der Waals surface area contributed by atoms with Crippen LogP contribution in [0.3, 0.4) is 0 Å².